The summed E-state index contributed by atoms with van der Waals surface area (Å²) in [5.74, 6) is -1.10. The molecule has 3 aromatic rings. The molecule has 5 nitrogen and oxygen atoms in total. The summed E-state index contributed by atoms with van der Waals surface area (Å²) in [6, 6.07) is 10.7. The second-order valence-corrected chi connectivity index (χ2v) is 7.24. The topological polar surface area (TPSA) is 68.3 Å². The molecule has 1 amide bonds. The number of rotatable bonds is 5. The highest BCUT2D eigenvalue weighted by atomic mass is 35.5. The number of nitrogens with one attached hydrogen (secondary N) is 1. The third kappa shape index (κ3) is 4.25. The van der Waals surface area contributed by atoms with Crippen molar-refractivity contribution in [2.24, 2.45) is 0 Å². The molecule has 3 rings (SSSR count). The summed E-state index contributed by atoms with van der Waals surface area (Å²) in [7, 11) is 0. The number of ether oxygens (including phenoxy) is 1. The van der Waals surface area contributed by atoms with E-state index in [9.17, 15) is 9.59 Å². The van der Waals surface area contributed by atoms with E-state index in [2.05, 4.69) is 10.3 Å². The Balaban J connectivity index is 1.62. The summed E-state index contributed by atoms with van der Waals surface area (Å²) in [6.07, 6.45) is -0.976. The third-order valence-electron chi connectivity index (χ3n) is 3.23. The zero-order valence-electron chi connectivity index (χ0n) is 13.1. The van der Waals surface area contributed by atoms with Crippen molar-refractivity contribution in [3.8, 4) is 9.88 Å². The lowest BCUT2D eigenvalue weighted by atomic mass is 10.3. The summed E-state index contributed by atoms with van der Waals surface area (Å²) < 4.78 is 5.19. The van der Waals surface area contributed by atoms with Crippen LogP contribution in [-0.2, 0) is 9.53 Å². The molecule has 0 aliphatic carbocycles. The van der Waals surface area contributed by atoms with Gasteiger partial charge in [-0.3, -0.25) is 4.79 Å². The average molecular weight is 393 g/mol. The van der Waals surface area contributed by atoms with E-state index in [0.29, 0.717) is 10.7 Å². The Morgan fingerprint density at radius 1 is 1.20 bits per heavy atom. The number of thiophene rings is 1. The fraction of sp³-hybridized carbons (Fsp3) is 0.118. The number of esters is 1. The molecule has 0 fully saturated rings. The normalized spacial score (nSPS) is 11.8. The Hall–Kier alpha value is -2.22. The lowest BCUT2D eigenvalue weighted by Gasteiger charge is -2.13. The molecule has 2 aromatic heterocycles. The van der Waals surface area contributed by atoms with Gasteiger partial charge in [0.25, 0.3) is 5.91 Å². The van der Waals surface area contributed by atoms with Gasteiger partial charge < -0.3 is 10.1 Å². The molecule has 0 aliphatic rings. The monoisotopic (exact) mass is 392 g/mol. The first-order chi connectivity index (χ1) is 12.0. The van der Waals surface area contributed by atoms with E-state index < -0.39 is 18.0 Å². The number of carbonyl (C=O) groups excluding carboxylic acids is 2. The Labute approximate surface area is 157 Å². The van der Waals surface area contributed by atoms with Crippen molar-refractivity contribution in [2.75, 3.05) is 5.32 Å². The first kappa shape index (κ1) is 17.6. The highest BCUT2D eigenvalue weighted by molar-refractivity contribution is 7.20. The van der Waals surface area contributed by atoms with Crippen LogP contribution < -0.4 is 5.32 Å². The molecule has 0 radical (unpaired) electrons. The fourth-order valence-corrected chi connectivity index (χ4v) is 3.74. The largest absolute Gasteiger partial charge is 0.448 e. The Morgan fingerprint density at radius 3 is 2.72 bits per heavy atom. The number of hydrogen-bond acceptors (Lipinski definition) is 6. The number of anilines is 1. The minimum atomic E-state index is -0.976. The van der Waals surface area contributed by atoms with Crippen molar-refractivity contribution < 1.29 is 14.3 Å². The van der Waals surface area contributed by atoms with E-state index in [1.807, 2.05) is 17.5 Å². The predicted molar refractivity (Wildman–Crippen MR) is 100 cm³/mol. The molecule has 25 heavy (non-hydrogen) atoms. The maximum Gasteiger partial charge on any atom is 0.358 e. The fourth-order valence-electron chi connectivity index (χ4n) is 1.95. The molecule has 1 N–H and O–H groups in total. The minimum Gasteiger partial charge on any atom is -0.448 e. The molecule has 0 saturated carbocycles. The summed E-state index contributed by atoms with van der Waals surface area (Å²) in [5, 5.41) is 7.35. The van der Waals surface area contributed by atoms with Gasteiger partial charge >= 0.3 is 5.97 Å². The van der Waals surface area contributed by atoms with Crippen molar-refractivity contribution in [1.29, 1.82) is 0 Å². The van der Waals surface area contributed by atoms with Gasteiger partial charge in [0, 0.05) is 5.38 Å². The summed E-state index contributed by atoms with van der Waals surface area (Å²) in [5.41, 5.74) is 0.650. The molecular formula is C17H13ClN2O3S2. The number of benzene rings is 1. The Kier molecular flexibility index (Phi) is 5.47. The summed E-state index contributed by atoms with van der Waals surface area (Å²) in [4.78, 5) is 29.6. The van der Waals surface area contributed by atoms with E-state index in [1.165, 1.54) is 18.3 Å². The van der Waals surface area contributed by atoms with Crippen LogP contribution in [0.4, 0.5) is 5.69 Å². The second-order valence-electron chi connectivity index (χ2n) is 5.03. The number of aromatic nitrogens is 1. The van der Waals surface area contributed by atoms with Crippen LogP contribution in [-0.4, -0.2) is 23.0 Å². The van der Waals surface area contributed by atoms with Crippen molar-refractivity contribution in [3.05, 3.63) is 57.9 Å². The van der Waals surface area contributed by atoms with Crippen LogP contribution in [0.3, 0.4) is 0 Å². The molecule has 1 atom stereocenters. The molecule has 2 heterocycles. The molecule has 0 unspecified atom stereocenters. The van der Waals surface area contributed by atoms with Gasteiger partial charge in [-0.2, -0.15) is 0 Å². The first-order valence-electron chi connectivity index (χ1n) is 7.30. The van der Waals surface area contributed by atoms with E-state index in [0.717, 1.165) is 9.88 Å². The molecule has 0 aliphatic heterocycles. The molecule has 8 heteroatoms. The van der Waals surface area contributed by atoms with Gasteiger partial charge in [-0.05, 0) is 30.5 Å². The Bertz CT molecular complexity index is 893. The number of halogens is 1. The van der Waals surface area contributed by atoms with E-state index in [1.54, 1.807) is 41.0 Å². The maximum absolute atomic E-state index is 12.2. The number of para-hydroxylation sites is 1. The molecule has 128 valence electrons. The summed E-state index contributed by atoms with van der Waals surface area (Å²) >= 11 is 8.89. The Morgan fingerprint density at radius 2 is 2.00 bits per heavy atom. The molecule has 0 saturated heterocycles. The lowest BCUT2D eigenvalue weighted by Crippen LogP contribution is -2.30. The van der Waals surface area contributed by atoms with Gasteiger partial charge in [0.1, 0.15) is 5.01 Å². The van der Waals surface area contributed by atoms with Crippen LogP contribution in [0.5, 0.6) is 0 Å². The van der Waals surface area contributed by atoms with Crippen LogP contribution >= 0.6 is 34.3 Å². The zero-order chi connectivity index (χ0) is 17.8. The van der Waals surface area contributed by atoms with Gasteiger partial charge in [-0.15, -0.1) is 22.7 Å². The van der Waals surface area contributed by atoms with Gasteiger partial charge in [0.2, 0.25) is 0 Å². The zero-order valence-corrected chi connectivity index (χ0v) is 15.5. The lowest BCUT2D eigenvalue weighted by molar-refractivity contribution is -0.123. The highest BCUT2D eigenvalue weighted by Crippen LogP contribution is 2.28. The minimum absolute atomic E-state index is 0.186. The van der Waals surface area contributed by atoms with Crippen molar-refractivity contribution in [1.82, 2.24) is 4.98 Å². The van der Waals surface area contributed by atoms with Gasteiger partial charge in [-0.1, -0.05) is 29.8 Å². The van der Waals surface area contributed by atoms with Crippen LogP contribution in [0.15, 0.2) is 47.2 Å². The average Bonchev–Trinajstić information content (AvgIpc) is 3.28. The quantitative estimate of drug-likeness (QED) is 0.638. The van der Waals surface area contributed by atoms with Gasteiger partial charge in [-0.25, -0.2) is 9.78 Å². The SMILES string of the molecule is C[C@@H](OC(=O)c1csc(-c2cccs2)n1)C(=O)Nc1ccccc1Cl. The number of thiazole rings is 1. The van der Waals surface area contributed by atoms with Crippen molar-refractivity contribution in [3.63, 3.8) is 0 Å². The third-order valence-corrected chi connectivity index (χ3v) is 5.44. The van der Waals surface area contributed by atoms with E-state index in [4.69, 9.17) is 16.3 Å². The van der Waals surface area contributed by atoms with E-state index in [-0.39, 0.29) is 5.69 Å². The number of carbonyl (C=O) groups is 2. The van der Waals surface area contributed by atoms with Crippen LogP contribution in [0.2, 0.25) is 5.02 Å². The predicted octanol–water partition coefficient (Wildman–Crippen LogP) is 4.71. The van der Waals surface area contributed by atoms with Gasteiger partial charge in [0.15, 0.2) is 11.8 Å². The standard InChI is InChI=1S/C17H13ClN2O3S2/c1-10(15(21)19-12-6-3-2-5-11(12)18)23-17(22)13-9-25-16(20-13)14-7-4-8-24-14/h2-10H,1H3,(H,19,21)/t10-/m1/s1. The van der Waals surface area contributed by atoms with Crippen LogP contribution in [0.1, 0.15) is 17.4 Å². The number of amides is 1. The molecule has 0 spiro atoms. The smallest absolute Gasteiger partial charge is 0.358 e. The maximum atomic E-state index is 12.2. The number of hydrogen-bond donors (Lipinski definition) is 1. The van der Waals surface area contributed by atoms with Crippen molar-refractivity contribution >= 4 is 51.8 Å². The highest BCUT2D eigenvalue weighted by Gasteiger charge is 2.21. The van der Waals surface area contributed by atoms with Crippen LogP contribution in [0, 0.1) is 0 Å². The van der Waals surface area contributed by atoms with E-state index >= 15 is 0 Å². The van der Waals surface area contributed by atoms with Gasteiger partial charge in [0.05, 0.1) is 15.6 Å². The second kappa shape index (κ2) is 7.77. The van der Waals surface area contributed by atoms with Crippen molar-refractivity contribution in [2.45, 2.75) is 13.0 Å². The molecular weight excluding hydrogens is 380 g/mol. The van der Waals surface area contributed by atoms with Crippen LogP contribution in [0.25, 0.3) is 9.88 Å². The first-order valence-corrected chi connectivity index (χ1v) is 9.44. The summed E-state index contributed by atoms with van der Waals surface area (Å²) in [6.45, 7) is 1.50. The molecule has 0 bridgehead atoms. The molecule has 1 aromatic carbocycles. The number of nitrogens with zero attached hydrogens (tertiary/aromatic N) is 1.